The fourth-order valence-corrected chi connectivity index (χ4v) is 3.68. The Hall–Kier alpha value is -2.26. The van der Waals surface area contributed by atoms with Crippen LogP contribution in [0.1, 0.15) is 43.1 Å². The van der Waals surface area contributed by atoms with Crippen LogP contribution < -0.4 is 0 Å². The van der Waals surface area contributed by atoms with Crippen molar-refractivity contribution in [3.8, 4) is 0 Å². The molecular formula is C26H40N2O6. The molecule has 0 saturated carbocycles. The summed E-state index contributed by atoms with van der Waals surface area (Å²) < 4.78 is 11.4. The van der Waals surface area contributed by atoms with Crippen LogP contribution in [0.4, 0.5) is 0 Å². The number of aryl methyl sites for hydroxylation is 1. The number of carbonyl (C=O) groups is 2. The highest BCUT2D eigenvalue weighted by Gasteiger charge is 2.30. The maximum absolute atomic E-state index is 13.3. The van der Waals surface area contributed by atoms with Crippen molar-refractivity contribution in [2.75, 3.05) is 46.0 Å². The highest BCUT2D eigenvalue weighted by Crippen LogP contribution is 2.14. The molecular weight excluding hydrogens is 436 g/mol. The fourth-order valence-electron chi connectivity index (χ4n) is 3.68. The van der Waals surface area contributed by atoms with Gasteiger partial charge in [0.15, 0.2) is 0 Å². The molecule has 8 nitrogen and oxygen atoms in total. The van der Waals surface area contributed by atoms with Crippen molar-refractivity contribution >= 4 is 11.8 Å². The minimum atomic E-state index is -1.22. The molecule has 0 radical (unpaired) electrons. The zero-order chi connectivity index (χ0) is 25.1. The van der Waals surface area contributed by atoms with E-state index in [2.05, 4.69) is 13.8 Å². The Morgan fingerprint density at radius 1 is 1.15 bits per heavy atom. The first-order valence-electron chi connectivity index (χ1n) is 12.0. The summed E-state index contributed by atoms with van der Waals surface area (Å²) in [5, 5.41) is 21.2. The monoisotopic (exact) mass is 476 g/mol. The van der Waals surface area contributed by atoms with E-state index in [1.54, 1.807) is 21.9 Å². The van der Waals surface area contributed by atoms with Crippen molar-refractivity contribution in [2.24, 2.45) is 5.92 Å². The van der Waals surface area contributed by atoms with Gasteiger partial charge in [0.25, 0.3) is 5.91 Å². The van der Waals surface area contributed by atoms with Gasteiger partial charge in [-0.05, 0) is 30.9 Å². The number of amides is 2. The quantitative estimate of drug-likeness (QED) is 0.631. The third-order valence-corrected chi connectivity index (χ3v) is 5.95. The van der Waals surface area contributed by atoms with E-state index in [-0.39, 0.29) is 38.1 Å². The minimum absolute atomic E-state index is 0.0680. The van der Waals surface area contributed by atoms with E-state index in [0.29, 0.717) is 31.2 Å². The zero-order valence-corrected chi connectivity index (χ0v) is 20.9. The Labute approximate surface area is 203 Å². The van der Waals surface area contributed by atoms with Crippen LogP contribution >= 0.6 is 0 Å². The lowest BCUT2D eigenvalue weighted by atomic mass is 10.1. The summed E-state index contributed by atoms with van der Waals surface area (Å²) in [6.45, 7) is 9.14. The standard InChI is InChI=1S/C26H40N2O6/c1-19(2)11-16-34-24-17-28(21(4)29)14-13-27(26(32)22-10-6-5-9-20(22)3)12-7-8-15-33-18-23(30)25(24)31/h5-10,19,23-25,30-31H,11-18H2,1-4H3/b8-7-/t23-,24-,25-/m0/s1. The lowest BCUT2D eigenvalue weighted by Gasteiger charge is -2.33. The second kappa shape index (κ2) is 14.2. The van der Waals surface area contributed by atoms with Crippen molar-refractivity contribution in [1.29, 1.82) is 0 Å². The lowest BCUT2D eigenvalue weighted by Crippen LogP contribution is -2.50. The molecule has 1 heterocycles. The van der Waals surface area contributed by atoms with E-state index in [1.807, 2.05) is 31.2 Å². The van der Waals surface area contributed by atoms with Gasteiger partial charge in [-0.3, -0.25) is 9.59 Å². The van der Waals surface area contributed by atoms with E-state index < -0.39 is 18.3 Å². The van der Waals surface area contributed by atoms with Crippen molar-refractivity contribution in [3.63, 3.8) is 0 Å². The van der Waals surface area contributed by atoms with E-state index in [4.69, 9.17) is 9.47 Å². The molecule has 3 atom stereocenters. The third-order valence-electron chi connectivity index (χ3n) is 5.95. The SMILES string of the molecule is CC(=O)N1CCN(C(=O)c2ccccc2C)C/C=C\COC[C@H](O)[C@H](O)[C@@H](OCCC(C)C)C1. The third kappa shape index (κ3) is 8.83. The summed E-state index contributed by atoms with van der Waals surface area (Å²) in [6.07, 6.45) is 1.27. The molecule has 1 aliphatic heterocycles. The van der Waals surface area contributed by atoms with Gasteiger partial charge in [-0.2, -0.15) is 0 Å². The first kappa shape index (κ1) is 28.0. The molecule has 0 bridgehead atoms. The number of hydrogen-bond donors (Lipinski definition) is 2. The molecule has 8 heteroatoms. The molecule has 0 saturated heterocycles. The van der Waals surface area contributed by atoms with E-state index in [9.17, 15) is 19.8 Å². The summed E-state index contributed by atoms with van der Waals surface area (Å²) in [7, 11) is 0. The van der Waals surface area contributed by atoms with Gasteiger partial charge in [0.1, 0.15) is 18.3 Å². The molecule has 1 aliphatic rings. The fraction of sp³-hybridized carbons (Fsp3) is 0.615. The molecule has 0 spiro atoms. The van der Waals surface area contributed by atoms with Gasteiger partial charge >= 0.3 is 0 Å². The van der Waals surface area contributed by atoms with Gasteiger partial charge in [0.2, 0.25) is 5.91 Å². The van der Waals surface area contributed by atoms with Crippen molar-refractivity contribution in [3.05, 3.63) is 47.5 Å². The Morgan fingerprint density at radius 2 is 1.85 bits per heavy atom. The molecule has 0 unspecified atom stereocenters. The normalized spacial score (nSPS) is 24.0. The van der Waals surface area contributed by atoms with E-state index in [1.165, 1.54) is 6.92 Å². The average Bonchev–Trinajstić information content (AvgIpc) is 2.79. The molecule has 2 amide bonds. The van der Waals surface area contributed by atoms with Gasteiger partial charge < -0.3 is 29.5 Å². The molecule has 0 aliphatic carbocycles. The first-order chi connectivity index (χ1) is 16.2. The van der Waals surface area contributed by atoms with Crippen molar-refractivity contribution in [2.45, 2.75) is 52.4 Å². The molecule has 2 N–H and O–H groups in total. The highest BCUT2D eigenvalue weighted by molar-refractivity contribution is 5.95. The maximum Gasteiger partial charge on any atom is 0.254 e. The number of aliphatic hydroxyl groups is 2. The highest BCUT2D eigenvalue weighted by atomic mass is 16.5. The molecule has 0 aromatic heterocycles. The van der Waals surface area contributed by atoms with Crippen LogP contribution in [0, 0.1) is 12.8 Å². The molecule has 34 heavy (non-hydrogen) atoms. The van der Waals surface area contributed by atoms with Gasteiger partial charge in [-0.1, -0.05) is 44.2 Å². The lowest BCUT2D eigenvalue weighted by molar-refractivity contribution is -0.139. The van der Waals surface area contributed by atoms with Crippen molar-refractivity contribution in [1.82, 2.24) is 9.80 Å². The number of carbonyl (C=O) groups excluding carboxylic acids is 2. The molecule has 1 aromatic rings. The first-order valence-corrected chi connectivity index (χ1v) is 12.0. The smallest absolute Gasteiger partial charge is 0.254 e. The predicted molar refractivity (Wildman–Crippen MR) is 131 cm³/mol. The van der Waals surface area contributed by atoms with Gasteiger partial charge in [-0.15, -0.1) is 0 Å². The van der Waals surface area contributed by atoms with Crippen LogP contribution in [0.5, 0.6) is 0 Å². The van der Waals surface area contributed by atoms with Crippen LogP contribution in [0.2, 0.25) is 0 Å². The van der Waals surface area contributed by atoms with Gasteiger partial charge in [-0.25, -0.2) is 0 Å². The molecule has 0 fully saturated rings. The van der Waals surface area contributed by atoms with Gasteiger partial charge in [0.05, 0.1) is 13.2 Å². The summed E-state index contributed by atoms with van der Waals surface area (Å²) in [5.74, 6) is 0.112. The van der Waals surface area contributed by atoms with E-state index >= 15 is 0 Å². The van der Waals surface area contributed by atoms with Crippen molar-refractivity contribution < 1.29 is 29.3 Å². The number of benzene rings is 1. The Balaban J connectivity index is 2.24. The minimum Gasteiger partial charge on any atom is -0.388 e. The largest absolute Gasteiger partial charge is 0.388 e. The van der Waals surface area contributed by atoms with E-state index in [0.717, 1.165) is 12.0 Å². The summed E-state index contributed by atoms with van der Waals surface area (Å²) >= 11 is 0. The number of ether oxygens (including phenoxy) is 2. The van der Waals surface area contributed by atoms with Crippen LogP contribution in [-0.2, 0) is 14.3 Å². The predicted octanol–water partition coefficient (Wildman–Crippen LogP) is 2.03. The Bertz CT molecular complexity index is 812. The summed E-state index contributed by atoms with van der Waals surface area (Å²) in [6, 6.07) is 7.42. The van der Waals surface area contributed by atoms with Crippen LogP contribution in [0.25, 0.3) is 0 Å². The second-order valence-corrected chi connectivity index (χ2v) is 9.19. The number of hydrogen-bond acceptors (Lipinski definition) is 6. The number of aliphatic hydroxyl groups excluding tert-OH is 2. The second-order valence-electron chi connectivity index (χ2n) is 9.19. The summed E-state index contributed by atoms with van der Waals surface area (Å²) in [5.41, 5.74) is 1.51. The van der Waals surface area contributed by atoms with Crippen LogP contribution in [0.3, 0.4) is 0 Å². The maximum atomic E-state index is 13.3. The number of nitrogens with zero attached hydrogens (tertiary/aromatic N) is 2. The van der Waals surface area contributed by atoms with Gasteiger partial charge in [0, 0.05) is 45.3 Å². The number of rotatable bonds is 5. The topological polar surface area (TPSA) is 99.5 Å². The average molecular weight is 477 g/mol. The summed E-state index contributed by atoms with van der Waals surface area (Å²) in [4.78, 5) is 29.0. The Morgan fingerprint density at radius 3 is 2.53 bits per heavy atom. The zero-order valence-electron chi connectivity index (χ0n) is 20.9. The molecule has 190 valence electrons. The van der Waals surface area contributed by atoms with Crippen LogP contribution in [0.15, 0.2) is 36.4 Å². The Kier molecular flexibility index (Phi) is 11.7. The molecule has 1 aromatic carbocycles. The molecule has 2 rings (SSSR count). The van der Waals surface area contributed by atoms with Crippen LogP contribution in [-0.4, -0.2) is 96.1 Å².